The van der Waals surface area contributed by atoms with Crippen LogP contribution in [-0.2, 0) is 14.6 Å². The van der Waals surface area contributed by atoms with E-state index < -0.39 is 10.4 Å². The zero-order valence-corrected chi connectivity index (χ0v) is 25.1. The molecule has 0 spiro atoms. The minimum Gasteiger partial charge on any atom is -0.726 e. The van der Waals surface area contributed by atoms with Crippen LogP contribution in [0.3, 0.4) is 0 Å². The quantitative estimate of drug-likeness (QED) is 0.0758. The minimum absolute atomic E-state index is 0. The summed E-state index contributed by atoms with van der Waals surface area (Å²) in [6.45, 7) is 6.81. The molecule has 0 N–H and O–H groups in total. The SMILES string of the molecule is CCCCCCCCCCCCCC.CCCCCCCCCCCCOS(=O)(=O)[O-].[Na+]. The monoisotopic (exact) mass is 486 g/mol. The van der Waals surface area contributed by atoms with Crippen molar-refractivity contribution in [2.24, 2.45) is 0 Å². The Morgan fingerprint density at radius 1 is 0.469 bits per heavy atom. The summed E-state index contributed by atoms with van der Waals surface area (Å²) in [5, 5.41) is 0. The van der Waals surface area contributed by atoms with Crippen LogP contribution < -0.4 is 29.6 Å². The number of hydrogen-bond donors (Lipinski definition) is 0. The zero-order chi connectivity index (χ0) is 23.5. The van der Waals surface area contributed by atoms with Crippen LogP contribution in [0.15, 0.2) is 0 Å². The van der Waals surface area contributed by atoms with E-state index in [4.69, 9.17) is 0 Å². The van der Waals surface area contributed by atoms with Gasteiger partial charge in [0.05, 0.1) is 6.61 Å². The van der Waals surface area contributed by atoms with Crippen LogP contribution in [0.1, 0.15) is 162 Å². The Labute approximate surface area is 224 Å². The molecule has 190 valence electrons. The van der Waals surface area contributed by atoms with Crippen LogP contribution in [-0.4, -0.2) is 19.6 Å². The summed E-state index contributed by atoms with van der Waals surface area (Å²) in [7, 11) is -4.48. The zero-order valence-electron chi connectivity index (χ0n) is 22.3. The molecule has 4 nitrogen and oxygen atoms in total. The van der Waals surface area contributed by atoms with E-state index in [9.17, 15) is 13.0 Å². The summed E-state index contributed by atoms with van der Waals surface area (Å²) in [5.74, 6) is 0. The topological polar surface area (TPSA) is 66.4 Å². The van der Waals surface area contributed by atoms with Crippen LogP contribution in [0, 0.1) is 0 Å². The molecular formula is C26H55NaO4S. The van der Waals surface area contributed by atoms with Crippen LogP contribution in [0.5, 0.6) is 0 Å². The van der Waals surface area contributed by atoms with Gasteiger partial charge in [0.1, 0.15) is 0 Å². The second-order valence-electron chi connectivity index (χ2n) is 8.95. The molecule has 0 atom stereocenters. The first-order valence-electron chi connectivity index (χ1n) is 13.6. The van der Waals surface area contributed by atoms with E-state index in [2.05, 4.69) is 25.0 Å². The summed E-state index contributed by atoms with van der Waals surface area (Å²) in [5.41, 5.74) is 0. The first-order chi connectivity index (χ1) is 15.0. The molecule has 0 aromatic heterocycles. The van der Waals surface area contributed by atoms with Gasteiger partial charge >= 0.3 is 29.6 Å². The molecule has 0 rings (SSSR count). The van der Waals surface area contributed by atoms with Gasteiger partial charge in [-0.25, -0.2) is 8.42 Å². The van der Waals surface area contributed by atoms with E-state index in [1.807, 2.05) is 0 Å². The summed E-state index contributed by atoms with van der Waals surface area (Å²) in [6, 6.07) is 0. The number of unbranched alkanes of at least 4 members (excludes halogenated alkanes) is 20. The third kappa shape index (κ3) is 41.2. The van der Waals surface area contributed by atoms with Crippen molar-refractivity contribution in [3.05, 3.63) is 0 Å². The summed E-state index contributed by atoms with van der Waals surface area (Å²) < 4.78 is 34.5. The Hall–Kier alpha value is 0.870. The maximum Gasteiger partial charge on any atom is 1.00 e. The van der Waals surface area contributed by atoms with Gasteiger partial charge in [-0.05, 0) is 6.42 Å². The maximum atomic E-state index is 10.1. The average molecular weight is 487 g/mol. The molecule has 0 amide bonds. The molecule has 0 aliphatic heterocycles. The van der Waals surface area contributed by atoms with Gasteiger partial charge < -0.3 is 4.55 Å². The van der Waals surface area contributed by atoms with E-state index in [1.165, 1.54) is 122 Å². The van der Waals surface area contributed by atoms with Crippen molar-refractivity contribution in [1.29, 1.82) is 0 Å². The molecule has 0 fully saturated rings. The fraction of sp³-hybridized carbons (Fsp3) is 1.00. The van der Waals surface area contributed by atoms with Crippen LogP contribution >= 0.6 is 0 Å². The largest absolute Gasteiger partial charge is 1.00 e. The van der Waals surface area contributed by atoms with Gasteiger partial charge in [-0.15, -0.1) is 0 Å². The first-order valence-corrected chi connectivity index (χ1v) is 14.9. The first kappa shape index (κ1) is 37.4. The summed E-state index contributed by atoms with van der Waals surface area (Å²) in [4.78, 5) is 0. The van der Waals surface area contributed by atoms with Crippen molar-refractivity contribution in [3.8, 4) is 0 Å². The number of hydrogen-bond acceptors (Lipinski definition) is 4. The van der Waals surface area contributed by atoms with Crippen molar-refractivity contribution in [2.75, 3.05) is 6.61 Å². The molecule has 0 bridgehead atoms. The predicted molar refractivity (Wildman–Crippen MR) is 134 cm³/mol. The van der Waals surface area contributed by atoms with E-state index in [0.29, 0.717) is 6.42 Å². The molecule has 0 saturated heterocycles. The molecule has 0 aliphatic rings. The van der Waals surface area contributed by atoms with Gasteiger partial charge in [0, 0.05) is 0 Å². The van der Waals surface area contributed by atoms with E-state index in [0.717, 1.165) is 12.8 Å². The Bertz CT molecular complexity index is 404. The second kappa shape index (κ2) is 31.9. The fourth-order valence-electron chi connectivity index (χ4n) is 3.66. The third-order valence-electron chi connectivity index (χ3n) is 5.68. The molecule has 0 saturated carbocycles. The van der Waals surface area contributed by atoms with Crippen molar-refractivity contribution in [3.63, 3.8) is 0 Å². The molecule has 0 heterocycles. The normalized spacial score (nSPS) is 11.0. The molecule has 0 unspecified atom stereocenters. The van der Waals surface area contributed by atoms with Crippen molar-refractivity contribution < 1.29 is 46.7 Å². The fourth-order valence-corrected chi connectivity index (χ4v) is 3.99. The van der Waals surface area contributed by atoms with E-state index in [-0.39, 0.29) is 36.2 Å². The molecule has 0 aliphatic carbocycles. The molecule has 0 aromatic rings. The standard InChI is InChI=1S/C14H30.C12H26O4S.Na/c1-3-5-7-9-11-13-14-12-10-8-6-4-2;1-2-3-4-5-6-7-8-9-10-11-12-16-17(13,14)15;/h3-14H2,1-2H3;2-12H2,1H3,(H,13,14,15);/q;;+1/p-1. The van der Waals surface area contributed by atoms with Gasteiger partial charge in [-0.1, -0.05) is 156 Å². The predicted octanol–water partition coefficient (Wildman–Crippen LogP) is 6.10. The molecule has 32 heavy (non-hydrogen) atoms. The molecule has 6 heteroatoms. The number of rotatable bonds is 23. The van der Waals surface area contributed by atoms with Gasteiger partial charge in [-0.3, -0.25) is 4.18 Å². The van der Waals surface area contributed by atoms with Gasteiger partial charge in [0.2, 0.25) is 10.4 Å². The summed E-state index contributed by atoms with van der Waals surface area (Å²) >= 11 is 0. The van der Waals surface area contributed by atoms with Gasteiger partial charge in [0.25, 0.3) is 0 Å². The minimum atomic E-state index is -4.48. The van der Waals surface area contributed by atoms with Gasteiger partial charge in [-0.2, -0.15) is 0 Å². The Morgan fingerprint density at radius 3 is 0.906 bits per heavy atom. The van der Waals surface area contributed by atoms with E-state index in [1.54, 1.807) is 0 Å². The van der Waals surface area contributed by atoms with Crippen molar-refractivity contribution in [2.45, 2.75) is 162 Å². The smallest absolute Gasteiger partial charge is 0.726 e. The van der Waals surface area contributed by atoms with Crippen LogP contribution in [0.4, 0.5) is 0 Å². The molecular weight excluding hydrogens is 431 g/mol. The summed E-state index contributed by atoms with van der Waals surface area (Å²) in [6.07, 6.45) is 29.1. The molecule has 0 radical (unpaired) electrons. The van der Waals surface area contributed by atoms with Crippen molar-refractivity contribution in [1.82, 2.24) is 0 Å². The Kier molecular flexibility index (Phi) is 37.3. The average Bonchev–Trinajstić information content (AvgIpc) is 2.73. The Balaban J connectivity index is -0.000000519. The van der Waals surface area contributed by atoms with Crippen LogP contribution in [0.25, 0.3) is 0 Å². The second-order valence-corrected chi connectivity index (χ2v) is 10.00. The van der Waals surface area contributed by atoms with E-state index >= 15 is 0 Å². The Morgan fingerprint density at radius 2 is 0.688 bits per heavy atom. The maximum absolute atomic E-state index is 10.1. The van der Waals surface area contributed by atoms with Crippen LogP contribution in [0.2, 0.25) is 0 Å². The molecule has 0 aromatic carbocycles. The third-order valence-corrected chi connectivity index (χ3v) is 6.14. The van der Waals surface area contributed by atoms with Crippen molar-refractivity contribution >= 4 is 10.4 Å². The van der Waals surface area contributed by atoms with Gasteiger partial charge in [0.15, 0.2) is 0 Å².